The van der Waals surface area contributed by atoms with Crippen molar-refractivity contribution in [2.75, 3.05) is 0 Å². The Kier molecular flexibility index (Phi) is 6.82. The number of aryl methyl sites for hydroxylation is 6. The number of hydrogen-bond acceptors (Lipinski definition) is 5. The Balaban J connectivity index is 2.02. The summed E-state index contributed by atoms with van der Waals surface area (Å²) in [6, 6.07) is 15.8. The van der Waals surface area contributed by atoms with Gasteiger partial charge in [-0.1, -0.05) is 53.6 Å². The molecule has 0 heterocycles. The van der Waals surface area contributed by atoms with Crippen LogP contribution in [0.15, 0.2) is 54.6 Å². The molecule has 6 heteroatoms. The van der Waals surface area contributed by atoms with Gasteiger partial charge in [-0.25, -0.2) is 18.6 Å². The molecule has 166 valence electrons. The van der Waals surface area contributed by atoms with Gasteiger partial charge in [0, 0.05) is 0 Å². The van der Waals surface area contributed by atoms with Crippen LogP contribution in [0.2, 0.25) is 0 Å². The Morgan fingerprint density at radius 3 is 1.34 bits per heavy atom. The molecule has 1 N–H and O–H groups in total. The molecule has 0 aliphatic heterocycles. The molecule has 0 aliphatic rings. The first kappa shape index (κ1) is 23.6. The first-order valence-electron chi connectivity index (χ1n) is 10.3. The van der Waals surface area contributed by atoms with Gasteiger partial charge in [0.1, 0.15) is 0 Å². The topological polar surface area (TPSA) is 72.8 Å². The predicted octanol–water partition coefficient (Wildman–Crippen LogP) is 5.63. The summed E-state index contributed by atoms with van der Waals surface area (Å²) in [7, 11) is -4.07. The first-order chi connectivity index (χ1) is 15.0. The second kappa shape index (κ2) is 9.23. The molecule has 3 aromatic rings. The van der Waals surface area contributed by atoms with E-state index in [0.29, 0.717) is 11.1 Å². The summed E-state index contributed by atoms with van der Waals surface area (Å²) in [5.74, 6) is -1.46. The fraction of sp³-hybridized carbons (Fsp3) is 0.231. The number of carbonyl (C=O) groups is 2. The van der Waals surface area contributed by atoms with E-state index in [1.165, 1.54) is 0 Å². The van der Waals surface area contributed by atoms with Gasteiger partial charge in [0.15, 0.2) is 0 Å². The molecule has 0 aliphatic carbocycles. The summed E-state index contributed by atoms with van der Waals surface area (Å²) in [5, 5.41) is 0.242. The first-order valence-corrected chi connectivity index (χ1v) is 11.9. The van der Waals surface area contributed by atoms with Crippen molar-refractivity contribution in [3.8, 4) is 0 Å². The average Bonchev–Trinajstić information content (AvgIpc) is 2.66. The van der Waals surface area contributed by atoms with Gasteiger partial charge in [-0.15, -0.1) is 0 Å². The van der Waals surface area contributed by atoms with Crippen LogP contribution in [0.5, 0.6) is 0 Å². The normalized spacial score (nSPS) is 11.2. The lowest BCUT2D eigenvalue weighted by Gasteiger charge is -2.18. The van der Waals surface area contributed by atoms with Crippen LogP contribution in [0.4, 0.5) is 0 Å². The van der Waals surface area contributed by atoms with E-state index in [2.05, 4.69) is 0 Å². The van der Waals surface area contributed by atoms with Gasteiger partial charge in [-0.2, -0.15) is 4.89 Å². The predicted molar refractivity (Wildman–Crippen MR) is 127 cm³/mol. The number of rotatable bonds is 5. The number of hydrogen-bond donors (Lipinski definition) is 1. The summed E-state index contributed by atoms with van der Waals surface area (Å²) >= 11 is 0. The largest absolute Gasteiger partial charge is 0.541 e. The maximum atomic E-state index is 13.1. The molecule has 0 fully saturated rings. The van der Waals surface area contributed by atoms with Gasteiger partial charge < -0.3 is 0 Å². The van der Waals surface area contributed by atoms with Gasteiger partial charge in [0.25, 0.3) is 0 Å². The molecule has 0 saturated heterocycles. The van der Waals surface area contributed by atoms with Crippen molar-refractivity contribution < 1.29 is 23.5 Å². The molecular weight excluding hydrogens is 423 g/mol. The highest BCUT2D eigenvalue weighted by atomic mass is 31.2. The summed E-state index contributed by atoms with van der Waals surface area (Å²) in [6.45, 7) is 11.1. The van der Waals surface area contributed by atoms with E-state index in [0.717, 1.165) is 33.4 Å². The molecule has 0 saturated carbocycles. The molecule has 3 aromatic carbocycles. The molecule has 32 heavy (non-hydrogen) atoms. The average molecular weight is 451 g/mol. The fourth-order valence-corrected chi connectivity index (χ4v) is 5.49. The lowest BCUT2D eigenvalue weighted by atomic mass is 10.0. The van der Waals surface area contributed by atoms with Crippen molar-refractivity contribution in [2.24, 2.45) is 0 Å². The van der Waals surface area contributed by atoms with Crippen LogP contribution in [0.3, 0.4) is 0 Å². The quantitative estimate of drug-likeness (QED) is 0.509. The van der Waals surface area contributed by atoms with Crippen LogP contribution < -0.4 is 5.30 Å². The van der Waals surface area contributed by atoms with Crippen molar-refractivity contribution in [3.05, 3.63) is 99.1 Å². The second-order valence-electron chi connectivity index (χ2n) is 8.16. The van der Waals surface area contributed by atoms with E-state index >= 15 is 0 Å². The molecule has 0 aromatic heterocycles. The third-order valence-electron chi connectivity index (χ3n) is 5.26. The fourth-order valence-electron chi connectivity index (χ4n) is 4.06. The Labute approximate surface area is 189 Å². The number of benzene rings is 3. The summed E-state index contributed by atoms with van der Waals surface area (Å²) in [6.07, 6.45) is 0. The smallest absolute Gasteiger partial charge is 0.241 e. The van der Waals surface area contributed by atoms with Crippen molar-refractivity contribution in [1.82, 2.24) is 0 Å². The Bertz CT molecular complexity index is 1070. The van der Waals surface area contributed by atoms with Crippen LogP contribution in [0, 0.1) is 41.5 Å². The van der Waals surface area contributed by atoms with Gasteiger partial charge >= 0.3 is 19.9 Å². The van der Waals surface area contributed by atoms with Crippen molar-refractivity contribution in [3.63, 3.8) is 0 Å². The maximum Gasteiger partial charge on any atom is 0.541 e. The van der Waals surface area contributed by atoms with E-state index in [1.54, 1.807) is 30.3 Å². The third kappa shape index (κ3) is 4.90. The summed E-state index contributed by atoms with van der Waals surface area (Å²) < 4.78 is 11.2. The lowest BCUT2D eigenvalue weighted by Crippen LogP contribution is -2.23. The Hall–Kier alpha value is -3.01. The zero-order valence-corrected chi connectivity index (χ0v) is 20.1. The highest BCUT2D eigenvalue weighted by molar-refractivity contribution is 7.69. The molecule has 0 radical (unpaired) electrons. The number of carbonyl (C=O) groups excluding carboxylic acids is 2. The zero-order chi connectivity index (χ0) is 23.6. The van der Waals surface area contributed by atoms with Crippen molar-refractivity contribution >= 4 is 25.2 Å². The lowest BCUT2D eigenvalue weighted by molar-refractivity contribution is 0.0606. The van der Waals surface area contributed by atoms with Crippen LogP contribution in [0.1, 0.15) is 54.1 Å². The molecule has 0 amide bonds. The van der Waals surface area contributed by atoms with E-state index in [9.17, 15) is 14.5 Å². The second-order valence-corrected chi connectivity index (χ2v) is 10.1. The minimum atomic E-state index is -4.07. The van der Waals surface area contributed by atoms with E-state index < -0.39 is 19.9 Å². The minimum Gasteiger partial charge on any atom is -0.241 e. The van der Waals surface area contributed by atoms with Gasteiger partial charge in [-0.05, 0) is 75.9 Å². The molecular formula is C26H28O5P+. The monoisotopic (exact) mass is 451 g/mol. The molecule has 0 spiro atoms. The highest BCUT2D eigenvalue weighted by Crippen LogP contribution is 2.57. The van der Waals surface area contributed by atoms with Crippen LogP contribution in [-0.2, 0) is 9.05 Å². The van der Waals surface area contributed by atoms with Gasteiger partial charge in [0.05, 0.1) is 11.1 Å². The van der Waals surface area contributed by atoms with E-state index in [1.807, 2.05) is 65.8 Å². The maximum absolute atomic E-state index is 13.1. The standard InChI is InChI=1S/C26H28O5P/c1-16-12-18(3)23(19(4)13-16)25(27)30-32(29,22-10-8-7-9-11-22)31-26(28)24-20(5)14-17(2)15-21(24)6/h7-15,29H,1-6H3/q+1. The molecule has 5 nitrogen and oxygen atoms in total. The van der Waals surface area contributed by atoms with Crippen LogP contribution >= 0.6 is 7.94 Å². The summed E-state index contributed by atoms with van der Waals surface area (Å²) in [4.78, 5) is 37.7. The molecule has 0 atom stereocenters. The highest BCUT2D eigenvalue weighted by Gasteiger charge is 2.52. The third-order valence-corrected chi connectivity index (χ3v) is 7.04. The minimum absolute atomic E-state index is 0.242. The van der Waals surface area contributed by atoms with Crippen molar-refractivity contribution in [2.45, 2.75) is 41.5 Å². The Morgan fingerprint density at radius 1 is 0.656 bits per heavy atom. The molecule has 0 unspecified atom stereocenters. The zero-order valence-electron chi connectivity index (χ0n) is 19.2. The van der Waals surface area contributed by atoms with Crippen molar-refractivity contribution in [1.29, 1.82) is 0 Å². The van der Waals surface area contributed by atoms with E-state index in [-0.39, 0.29) is 5.30 Å². The van der Waals surface area contributed by atoms with E-state index in [4.69, 9.17) is 9.05 Å². The van der Waals surface area contributed by atoms with Crippen LogP contribution in [0.25, 0.3) is 0 Å². The Morgan fingerprint density at radius 2 is 1.00 bits per heavy atom. The van der Waals surface area contributed by atoms with Gasteiger partial charge in [-0.3, -0.25) is 0 Å². The van der Waals surface area contributed by atoms with Gasteiger partial charge in [0.2, 0.25) is 5.30 Å². The molecule has 0 bridgehead atoms. The summed E-state index contributed by atoms with van der Waals surface area (Å²) in [5.41, 5.74) is 5.63. The molecule has 3 rings (SSSR count). The SMILES string of the molecule is Cc1cc(C)c(C(=O)O[P+](O)(OC(=O)c2c(C)cc(C)cc2C)c2ccccc2)c(C)c1. The van der Waals surface area contributed by atoms with Crippen LogP contribution in [-0.4, -0.2) is 16.8 Å².